The molecule has 21 heavy (non-hydrogen) atoms. The summed E-state index contributed by atoms with van der Waals surface area (Å²) in [5, 5.41) is 0.684. The van der Waals surface area contributed by atoms with Gasteiger partial charge >= 0.3 is 0 Å². The van der Waals surface area contributed by atoms with Gasteiger partial charge in [-0.2, -0.15) is 0 Å². The lowest BCUT2D eigenvalue weighted by Gasteiger charge is -2.21. The van der Waals surface area contributed by atoms with Gasteiger partial charge in [-0.05, 0) is 30.2 Å². The second kappa shape index (κ2) is 6.74. The lowest BCUT2D eigenvalue weighted by molar-refractivity contribution is -0.131. The minimum Gasteiger partial charge on any atom is -0.340 e. The van der Waals surface area contributed by atoms with E-state index in [1.165, 1.54) is 0 Å². The average Bonchev–Trinajstić information content (AvgIpc) is 2.49. The van der Waals surface area contributed by atoms with Crippen LogP contribution in [-0.4, -0.2) is 17.9 Å². The Bertz CT molecular complexity index is 608. The molecule has 0 aromatic heterocycles. The van der Waals surface area contributed by atoms with Crippen LogP contribution in [0.3, 0.4) is 0 Å². The predicted octanol–water partition coefficient (Wildman–Crippen LogP) is 3.31. The molecule has 3 nitrogen and oxygen atoms in total. The van der Waals surface area contributed by atoms with Crippen LogP contribution in [0.15, 0.2) is 48.5 Å². The van der Waals surface area contributed by atoms with E-state index in [4.69, 9.17) is 17.3 Å². The van der Waals surface area contributed by atoms with Crippen LogP contribution in [0.4, 0.5) is 0 Å². The van der Waals surface area contributed by atoms with E-state index < -0.39 is 6.04 Å². The topological polar surface area (TPSA) is 46.3 Å². The second-order valence-electron chi connectivity index (χ2n) is 5.21. The number of nitrogens with two attached hydrogens (primary N) is 1. The zero-order valence-corrected chi connectivity index (χ0v) is 13.0. The molecular formula is C17H19ClN2O. The van der Waals surface area contributed by atoms with Gasteiger partial charge in [0.25, 0.3) is 0 Å². The van der Waals surface area contributed by atoms with E-state index in [2.05, 4.69) is 0 Å². The highest BCUT2D eigenvalue weighted by Crippen LogP contribution is 2.16. The molecule has 0 spiro atoms. The molecule has 0 aliphatic carbocycles. The average molecular weight is 303 g/mol. The molecule has 0 bridgehead atoms. The number of benzene rings is 2. The molecular weight excluding hydrogens is 284 g/mol. The van der Waals surface area contributed by atoms with Crippen molar-refractivity contribution in [3.63, 3.8) is 0 Å². The van der Waals surface area contributed by atoms with Crippen molar-refractivity contribution < 1.29 is 4.79 Å². The zero-order chi connectivity index (χ0) is 15.4. The van der Waals surface area contributed by atoms with Gasteiger partial charge in [-0.3, -0.25) is 4.79 Å². The van der Waals surface area contributed by atoms with E-state index >= 15 is 0 Å². The molecule has 0 saturated carbocycles. The highest BCUT2D eigenvalue weighted by atomic mass is 35.5. The van der Waals surface area contributed by atoms with E-state index in [1.54, 1.807) is 11.9 Å². The van der Waals surface area contributed by atoms with Crippen LogP contribution < -0.4 is 5.73 Å². The molecule has 2 aromatic rings. The molecule has 1 atom stereocenters. The number of nitrogens with zero attached hydrogens (tertiary/aromatic N) is 1. The number of hydrogen-bond acceptors (Lipinski definition) is 2. The van der Waals surface area contributed by atoms with Gasteiger partial charge in [0.2, 0.25) is 5.91 Å². The number of aryl methyl sites for hydroxylation is 1. The standard InChI is InChI=1S/C17H19ClN2O/c1-12-3-7-14(8-4-12)16(19)17(21)20(2)11-13-5-9-15(18)10-6-13/h3-10,16H,11,19H2,1-2H3. The van der Waals surface area contributed by atoms with Gasteiger partial charge in [0.15, 0.2) is 0 Å². The molecule has 0 aliphatic rings. The Balaban J connectivity index is 2.04. The normalized spacial score (nSPS) is 12.0. The first-order valence-corrected chi connectivity index (χ1v) is 7.17. The van der Waals surface area contributed by atoms with Gasteiger partial charge in [-0.1, -0.05) is 53.6 Å². The predicted molar refractivity (Wildman–Crippen MR) is 86.0 cm³/mol. The van der Waals surface area contributed by atoms with E-state index in [0.717, 1.165) is 16.7 Å². The van der Waals surface area contributed by atoms with Crippen LogP contribution in [0, 0.1) is 6.92 Å². The number of likely N-dealkylation sites (N-methyl/N-ethyl adjacent to an activating group) is 1. The summed E-state index contributed by atoms with van der Waals surface area (Å²) in [6.07, 6.45) is 0. The Hall–Kier alpha value is -1.84. The monoisotopic (exact) mass is 302 g/mol. The Morgan fingerprint density at radius 1 is 1.14 bits per heavy atom. The van der Waals surface area contributed by atoms with Crippen molar-refractivity contribution in [3.05, 3.63) is 70.2 Å². The number of amides is 1. The van der Waals surface area contributed by atoms with Crippen LogP contribution in [0.5, 0.6) is 0 Å². The third-order valence-electron chi connectivity index (χ3n) is 3.41. The van der Waals surface area contributed by atoms with Crippen molar-refractivity contribution in [1.82, 2.24) is 4.90 Å². The van der Waals surface area contributed by atoms with Crippen LogP contribution in [0.25, 0.3) is 0 Å². The van der Waals surface area contributed by atoms with E-state index in [1.807, 2.05) is 55.5 Å². The van der Waals surface area contributed by atoms with Crippen LogP contribution >= 0.6 is 11.6 Å². The fourth-order valence-corrected chi connectivity index (χ4v) is 2.22. The van der Waals surface area contributed by atoms with Crippen LogP contribution in [-0.2, 0) is 11.3 Å². The van der Waals surface area contributed by atoms with Crippen LogP contribution in [0.2, 0.25) is 5.02 Å². The summed E-state index contributed by atoms with van der Waals surface area (Å²) in [6.45, 7) is 2.51. The van der Waals surface area contributed by atoms with Crippen molar-refractivity contribution in [3.8, 4) is 0 Å². The summed E-state index contributed by atoms with van der Waals surface area (Å²) in [7, 11) is 1.75. The highest BCUT2D eigenvalue weighted by Gasteiger charge is 2.19. The Labute approximate surface area is 130 Å². The third-order valence-corrected chi connectivity index (χ3v) is 3.66. The summed E-state index contributed by atoms with van der Waals surface area (Å²) in [6, 6.07) is 14.5. The molecule has 2 N–H and O–H groups in total. The van der Waals surface area contributed by atoms with Gasteiger partial charge in [0.05, 0.1) is 0 Å². The summed E-state index contributed by atoms with van der Waals surface area (Å²) in [5.41, 5.74) is 9.05. The van der Waals surface area contributed by atoms with Gasteiger partial charge in [0.1, 0.15) is 6.04 Å². The maximum Gasteiger partial charge on any atom is 0.244 e. The highest BCUT2D eigenvalue weighted by molar-refractivity contribution is 6.30. The summed E-state index contributed by atoms with van der Waals surface area (Å²) < 4.78 is 0. The summed E-state index contributed by atoms with van der Waals surface area (Å²) in [4.78, 5) is 14.0. The minimum atomic E-state index is -0.636. The molecule has 0 aliphatic heterocycles. The fraction of sp³-hybridized carbons (Fsp3) is 0.235. The van der Waals surface area contributed by atoms with Gasteiger partial charge < -0.3 is 10.6 Å². The van der Waals surface area contributed by atoms with Crippen molar-refractivity contribution in [2.24, 2.45) is 5.73 Å². The minimum absolute atomic E-state index is 0.103. The first-order valence-electron chi connectivity index (χ1n) is 6.79. The lowest BCUT2D eigenvalue weighted by atomic mass is 10.0. The number of rotatable bonds is 4. The van der Waals surface area contributed by atoms with E-state index in [-0.39, 0.29) is 5.91 Å². The molecule has 4 heteroatoms. The molecule has 1 unspecified atom stereocenters. The van der Waals surface area contributed by atoms with Crippen molar-refractivity contribution in [2.45, 2.75) is 19.5 Å². The largest absolute Gasteiger partial charge is 0.340 e. The quantitative estimate of drug-likeness (QED) is 0.942. The van der Waals surface area contributed by atoms with E-state index in [0.29, 0.717) is 11.6 Å². The maximum atomic E-state index is 12.4. The van der Waals surface area contributed by atoms with Gasteiger partial charge in [-0.15, -0.1) is 0 Å². The Morgan fingerprint density at radius 3 is 2.29 bits per heavy atom. The molecule has 2 rings (SSSR count). The number of halogens is 1. The lowest BCUT2D eigenvalue weighted by Crippen LogP contribution is -2.35. The maximum absolute atomic E-state index is 12.4. The number of carbonyl (C=O) groups excluding carboxylic acids is 1. The SMILES string of the molecule is Cc1ccc(C(N)C(=O)N(C)Cc2ccc(Cl)cc2)cc1. The van der Waals surface area contributed by atoms with E-state index in [9.17, 15) is 4.79 Å². The Morgan fingerprint density at radius 2 is 1.71 bits per heavy atom. The Kier molecular flexibility index (Phi) is 4.99. The zero-order valence-electron chi connectivity index (χ0n) is 12.2. The summed E-state index contributed by atoms with van der Waals surface area (Å²) >= 11 is 5.85. The summed E-state index contributed by atoms with van der Waals surface area (Å²) in [5.74, 6) is -0.103. The molecule has 1 amide bonds. The molecule has 2 aromatic carbocycles. The van der Waals surface area contributed by atoms with Crippen molar-refractivity contribution >= 4 is 17.5 Å². The van der Waals surface area contributed by atoms with Crippen molar-refractivity contribution in [1.29, 1.82) is 0 Å². The molecule has 110 valence electrons. The molecule has 0 fully saturated rings. The molecule has 0 radical (unpaired) electrons. The first kappa shape index (κ1) is 15.5. The van der Waals surface area contributed by atoms with Crippen molar-refractivity contribution in [2.75, 3.05) is 7.05 Å². The fourth-order valence-electron chi connectivity index (χ4n) is 2.10. The number of carbonyl (C=O) groups is 1. The van der Waals surface area contributed by atoms with Gasteiger partial charge in [0, 0.05) is 18.6 Å². The third kappa shape index (κ3) is 4.06. The smallest absolute Gasteiger partial charge is 0.244 e. The molecule has 0 saturated heterocycles. The number of hydrogen-bond donors (Lipinski definition) is 1. The van der Waals surface area contributed by atoms with Gasteiger partial charge in [-0.25, -0.2) is 0 Å². The van der Waals surface area contributed by atoms with Crippen LogP contribution in [0.1, 0.15) is 22.7 Å². The second-order valence-corrected chi connectivity index (χ2v) is 5.65. The first-order chi connectivity index (χ1) is 9.97. The molecule has 0 heterocycles.